The second kappa shape index (κ2) is 6.20. The first-order chi connectivity index (χ1) is 8.91. The molecule has 1 aromatic carbocycles. The standard InChI is InChI=1S/C12H11F3N2O2/c13-12(14,15)8-17(3-4-18)11-2-1-9(7-19)5-10(11)6-16/h1-2,5,7,18H,3-4,8H2. The number of aldehydes is 1. The number of nitrogens with zero attached hydrogens (tertiary/aromatic N) is 2. The number of anilines is 1. The Kier molecular flexibility index (Phi) is 4.89. The second-order valence-corrected chi connectivity index (χ2v) is 3.77. The summed E-state index contributed by atoms with van der Waals surface area (Å²) in [5.74, 6) is 0. The molecule has 0 aliphatic carbocycles. The number of halogens is 3. The fraction of sp³-hybridized carbons (Fsp3) is 0.333. The van der Waals surface area contributed by atoms with Crippen molar-refractivity contribution in [1.29, 1.82) is 5.26 Å². The number of carbonyl (C=O) groups excluding carboxylic acids is 1. The van der Waals surface area contributed by atoms with Crippen molar-refractivity contribution in [2.75, 3.05) is 24.6 Å². The van der Waals surface area contributed by atoms with E-state index >= 15 is 0 Å². The van der Waals surface area contributed by atoms with Crippen LogP contribution < -0.4 is 4.90 Å². The van der Waals surface area contributed by atoms with Crippen LogP contribution in [0.3, 0.4) is 0 Å². The number of benzene rings is 1. The normalized spacial score (nSPS) is 10.9. The van der Waals surface area contributed by atoms with E-state index in [0.29, 0.717) is 6.29 Å². The summed E-state index contributed by atoms with van der Waals surface area (Å²) in [4.78, 5) is 11.4. The molecule has 1 aromatic rings. The van der Waals surface area contributed by atoms with Gasteiger partial charge in [0.25, 0.3) is 0 Å². The van der Waals surface area contributed by atoms with Crippen LogP contribution in [0.5, 0.6) is 0 Å². The van der Waals surface area contributed by atoms with Gasteiger partial charge in [-0.05, 0) is 18.2 Å². The molecule has 0 atom stereocenters. The van der Waals surface area contributed by atoms with Gasteiger partial charge in [0, 0.05) is 12.1 Å². The first kappa shape index (κ1) is 15.0. The topological polar surface area (TPSA) is 64.3 Å². The maximum Gasteiger partial charge on any atom is 0.405 e. The van der Waals surface area contributed by atoms with E-state index in [1.54, 1.807) is 6.07 Å². The molecule has 19 heavy (non-hydrogen) atoms. The third-order valence-electron chi connectivity index (χ3n) is 2.36. The molecule has 1 N–H and O–H groups in total. The summed E-state index contributed by atoms with van der Waals surface area (Å²) < 4.78 is 37.3. The molecule has 1 rings (SSSR count). The number of nitriles is 1. The molecule has 0 saturated carbocycles. The second-order valence-electron chi connectivity index (χ2n) is 3.77. The molecular weight excluding hydrogens is 261 g/mol. The fourth-order valence-corrected chi connectivity index (χ4v) is 1.61. The van der Waals surface area contributed by atoms with E-state index in [2.05, 4.69) is 0 Å². The van der Waals surface area contributed by atoms with E-state index in [0.717, 1.165) is 4.90 Å². The monoisotopic (exact) mass is 272 g/mol. The van der Waals surface area contributed by atoms with Crippen molar-refractivity contribution < 1.29 is 23.1 Å². The summed E-state index contributed by atoms with van der Waals surface area (Å²) in [6, 6.07) is 5.55. The van der Waals surface area contributed by atoms with Gasteiger partial charge in [-0.2, -0.15) is 18.4 Å². The highest BCUT2D eigenvalue weighted by Crippen LogP contribution is 2.25. The molecule has 0 aromatic heterocycles. The molecule has 0 radical (unpaired) electrons. The Bertz CT molecular complexity index is 495. The molecular formula is C12H11F3N2O2. The third-order valence-corrected chi connectivity index (χ3v) is 2.36. The lowest BCUT2D eigenvalue weighted by Crippen LogP contribution is -2.36. The van der Waals surface area contributed by atoms with Crippen molar-refractivity contribution >= 4 is 12.0 Å². The number of alkyl halides is 3. The van der Waals surface area contributed by atoms with Crippen molar-refractivity contribution in [3.8, 4) is 6.07 Å². The van der Waals surface area contributed by atoms with Crippen molar-refractivity contribution in [2.45, 2.75) is 6.18 Å². The zero-order valence-corrected chi connectivity index (χ0v) is 9.81. The summed E-state index contributed by atoms with van der Waals surface area (Å²) in [5.41, 5.74) is 0.207. The predicted octanol–water partition coefficient (Wildman–Crippen LogP) is 1.73. The lowest BCUT2D eigenvalue weighted by Gasteiger charge is -2.26. The first-order valence-electron chi connectivity index (χ1n) is 5.33. The first-order valence-corrected chi connectivity index (χ1v) is 5.33. The van der Waals surface area contributed by atoms with E-state index in [-0.39, 0.29) is 23.4 Å². The van der Waals surface area contributed by atoms with E-state index in [9.17, 15) is 18.0 Å². The third kappa shape index (κ3) is 4.26. The van der Waals surface area contributed by atoms with Gasteiger partial charge in [0.15, 0.2) is 0 Å². The molecule has 7 heteroatoms. The molecule has 102 valence electrons. The van der Waals surface area contributed by atoms with Crippen molar-refractivity contribution in [3.05, 3.63) is 29.3 Å². The molecule has 0 unspecified atom stereocenters. The Morgan fingerprint density at radius 1 is 1.42 bits per heavy atom. The average molecular weight is 272 g/mol. The van der Waals surface area contributed by atoms with Crippen LogP contribution in [0, 0.1) is 11.3 Å². The van der Waals surface area contributed by atoms with Gasteiger partial charge in [0.2, 0.25) is 0 Å². The number of hydrogen-bond donors (Lipinski definition) is 1. The minimum absolute atomic E-state index is 0.0395. The zero-order chi connectivity index (χ0) is 14.5. The summed E-state index contributed by atoms with van der Waals surface area (Å²) >= 11 is 0. The molecule has 0 aliphatic heterocycles. The van der Waals surface area contributed by atoms with Crippen LogP contribution in [0.25, 0.3) is 0 Å². The van der Waals surface area contributed by atoms with Crippen LogP contribution in [0.4, 0.5) is 18.9 Å². The molecule has 0 aliphatic rings. The fourth-order valence-electron chi connectivity index (χ4n) is 1.61. The van der Waals surface area contributed by atoms with Gasteiger partial charge in [-0.25, -0.2) is 0 Å². The van der Waals surface area contributed by atoms with Crippen molar-refractivity contribution in [2.24, 2.45) is 0 Å². The highest BCUT2D eigenvalue weighted by molar-refractivity contribution is 5.78. The maximum atomic E-state index is 12.4. The number of aliphatic hydroxyl groups excluding tert-OH is 1. The van der Waals surface area contributed by atoms with Crippen LogP contribution in [0.1, 0.15) is 15.9 Å². The van der Waals surface area contributed by atoms with Crippen LogP contribution in [0.2, 0.25) is 0 Å². The van der Waals surface area contributed by atoms with E-state index in [1.807, 2.05) is 0 Å². The van der Waals surface area contributed by atoms with Crippen molar-refractivity contribution in [1.82, 2.24) is 0 Å². The Labute approximate surface area is 107 Å². The highest BCUT2D eigenvalue weighted by Gasteiger charge is 2.31. The quantitative estimate of drug-likeness (QED) is 0.829. The average Bonchev–Trinajstić information content (AvgIpc) is 2.36. The molecule has 0 fully saturated rings. The molecule has 0 amide bonds. The largest absolute Gasteiger partial charge is 0.405 e. The number of aliphatic hydroxyl groups is 1. The SMILES string of the molecule is N#Cc1cc(C=O)ccc1N(CCO)CC(F)(F)F. The van der Waals surface area contributed by atoms with E-state index in [1.165, 1.54) is 18.2 Å². The van der Waals surface area contributed by atoms with Gasteiger partial charge in [0.1, 0.15) is 18.9 Å². The van der Waals surface area contributed by atoms with Gasteiger partial charge >= 0.3 is 6.18 Å². The molecule has 4 nitrogen and oxygen atoms in total. The Balaban J connectivity index is 3.15. The van der Waals surface area contributed by atoms with Gasteiger partial charge in [-0.1, -0.05) is 0 Å². The van der Waals surface area contributed by atoms with Crippen LogP contribution in [-0.4, -0.2) is 37.3 Å². The predicted molar refractivity (Wildman–Crippen MR) is 61.9 cm³/mol. The lowest BCUT2D eigenvalue weighted by molar-refractivity contribution is -0.119. The van der Waals surface area contributed by atoms with Gasteiger partial charge in [-0.15, -0.1) is 0 Å². The molecule has 0 bridgehead atoms. The number of rotatable bonds is 5. The Morgan fingerprint density at radius 2 is 2.11 bits per heavy atom. The van der Waals surface area contributed by atoms with Crippen LogP contribution >= 0.6 is 0 Å². The molecule has 0 spiro atoms. The van der Waals surface area contributed by atoms with Crippen molar-refractivity contribution in [3.63, 3.8) is 0 Å². The summed E-state index contributed by atoms with van der Waals surface area (Å²) in [6.45, 7) is -2.01. The number of carbonyl (C=O) groups is 1. The zero-order valence-electron chi connectivity index (χ0n) is 9.81. The summed E-state index contributed by atoms with van der Waals surface area (Å²) in [6.07, 6.45) is -3.95. The lowest BCUT2D eigenvalue weighted by atomic mass is 10.1. The smallest absolute Gasteiger partial charge is 0.395 e. The number of hydrogen-bond acceptors (Lipinski definition) is 4. The minimum atomic E-state index is -4.45. The van der Waals surface area contributed by atoms with E-state index < -0.39 is 19.3 Å². The van der Waals surface area contributed by atoms with Crippen LogP contribution in [-0.2, 0) is 0 Å². The van der Waals surface area contributed by atoms with Gasteiger partial charge in [0.05, 0.1) is 17.9 Å². The molecule has 0 saturated heterocycles. The Hall–Kier alpha value is -2.07. The highest BCUT2D eigenvalue weighted by atomic mass is 19.4. The summed E-state index contributed by atoms with van der Waals surface area (Å²) in [5, 5.41) is 17.7. The minimum Gasteiger partial charge on any atom is -0.395 e. The van der Waals surface area contributed by atoms with Gasteiger partial charge in [-0.3, -0.25) is 4.79 Å². The van der Waals surface area contributed by atoms with E-state index in [4.69, 9.17) is 10.4 Å². The molecule has 0 heterocycles. The van der Waals surface area contributed by atoms with Gasteiger partial charge < -0.3 is 10.0 Å². The summed E-state index contributed by atoms with van der Waals surface area (Å²) in [7, 11) is 0. The maximum absolute atomic E-state index is 12.4. The van der Waals surface area contributed by atoms with Crippen LogP contribution in [0.15, 0.2) is 18.2 Å². The Morgan fingerprint density at radius 3 is 2.58 bits per heavy atom.